The van der Waals surface area contributed by atoms with Crippen LogP contribution in [0.15, 0.2) is 10.6 Å². The van der Waals surface area contributed by atoms with Crippen LogP contribution in [0.1, 0.15) is 28.7 Å². The first-order chi connectivity index (χ1) is 9.47. The van der Waals surface area contributed by atoms with Gasteiger partial charge in [-0.1, -0.05) is 17.4 Å². The van der Waals surface area contributed by atoms with E-state index in [1.165, 1.54) is 0 Å². The van der Waals surface area contributed by atoms with Gasteiger partial charge in [-0.15, -0.1) is 0 Å². The Bertz CT molecular complexity index is 638. The predicted octanol–water partition coefficient (Wildman–Crippen LogP) is 1.68. The number of anilines is 1. The number of pyridine rings is 1. The Kier molecular flexibility index (Phi) is 4.29. The van der Waals surface area contributed by atoms with Gasteiger partial charge in [-0.05, 0) is 26.8 Å². The zero-order valence-corrected chi connectivity index (χ0v) is 12.5. The molecule has 0 fully saturated rings. The second kappa shape index (κ2) is 5.96. The quantitative estimate of drug-likeness (QED) is 0.810. The number of hydrogen-bond donors (Lipinski definition) is 2. The maximum Gasteiger partial charge on any atom is 0.228 e. The molecule has 106 valence electrons. The maximum atomic E-state index is 5.76. The van der Waals surface area contributed by atoms with Gasteiger partial charge in [0.2, 0.25) is 5.89 Å². The molecule has 0 atom stereocenters. The number of aryl methyl sites for hydroxylation is 3. The van der Waals surface area contributed by atoms with Crippen molar-refractivity contribution in [3.05, 3.63) is 34.7 Å². The van der Waals surface area contributed by atoms with Gasteiger partial charge in [-0.3, -0.25) is 4.98 Å². The van der Waals surface area contributed by atoms with Gasteiger partial charge in [0.25, 0.3) is 0 Å². The Balaban J connectivity index is 2.10. The van der Waals surface area contributed by atoms with Gasteiger partial charge in [0.1, 0.15) is 4.99 Å². The molecule has 2 heterocycles. The van der Waals surface area contributed by atoms with Gasteiger partial charge in [-0.2, -0.15) is 4.98 Å². The molecule has 0 aliphatic carbocycles. The van der Waals surface area contributed by atoms with E-state index in [9.17, 15) is 0 Å². The first-order valence-electron chi connectivity index (χ1n) is 6.28. The molecule has 0 amide bonds. The number of nitrogens with zero attached hydrogens (tertiary/aromatic N) is 3. The van der Waals surface area contributed by atoms with E-state index >= 15 is 0 Å². The van der Waals surface area contributed by atoms with Crippen molar-refractivity contribution < 1.29 is 4.52 Å². The minimum absolute atomic E-state index is 0.339. The van der Waals surface area contributed by atoms with Crippen LogP contribution in [-0.2, 0) is 6.42 Å². The molecule has 0 spiro atoms. The SMILES string of the molecule is Cc1cc(NCCc2nc(C)no2)c(C(N)=S)c(C)n1. The van der Waals surface area contributed by atoms with Crippen LogP contribution in [0.2, 0.25) is 0 Å². The Morgan fingerprint density at radius 3 is 2.70 bits per heavy atom. The van der Waals surface area contributed by atoms with Crippen LogP contribution in [0, 0.1) is 20.8 Å². The smallest absolute Gasteiger partial charge is 0.228 e. The van der Waals surface area contributed by atoms with Crippen LogP contribution >= 0.6 is 12.2 Å². The number of rotatable bonds is 5. The summed E-state index contributed by atoms with van der Waals surface area (Å²) in [4.78, 5) is 8.87. The fourth-order valence-corrected chi connectivity index (χ4v) is 2.28. The molecule has 0 unspecified atom stereocenters. The van der Waals surface area contributed by atoms with Crippen molar-refractivity contribution >= 4 is 22.9 Å². The fourth-order valence-electron chi connectivity index (χ4n) is 2.02. The van der Waals surface area contributed by atoms with Crippen molar-refractivity contribution in [1.29, 1.82) is 0 Å². The first-order valence-corrected chi connectivity index (χ1v) is 6.69. The van der Waals surface area contributed by atoms with E-state index in [0.717, 1.165) is 22.6 Å². The Morgan fingerprint density at radius 2 is 2.10 bits per heavy atom. The average molecular weight is 291 g/mol. The summed E-state index contributed by atoms with van der Waals surface area (Å²) in [5, 5.41) is 7.05. The largest absolute Gasteiger partial charge is 0.389 e. The lowest BCUT2D eigenvalue weighted by atomic mass is 10.1. The van der Waals surface area contributed by atoms with Gasteiger partial charge < -0.3 is 15.6 Å². The van der Waals surface area contributed by atoms with E-state index < -0.39 is 0 Å². The number of aromatic nitrogens is 3. The molecule has 0 saturated carbocycles. The minimum Gasteiger partial charge on any atom is -0.389 e. The molecule has 7 heteroatoms. The third-order valence-electron chi connectivity index (χ3n) is 2.80. The zero-order valence-electron chi connectivity index (χ0n) is 11.7. The van der Waals surface area contributed by atoms with E-state index in [4.69, 9.17) is 22.5 Å². The Labute approximate surface area is 122 Å². The molecular weight excluding hydrogens is 274 g/mol. The molecule has 2 rings (SSSR count). The van der Waals surface area contributed by atoms with E-state index in [1.807, 2.05) is 19.9 Å². The summed E-state index contributed by atoms with van der Waals surface area (Å²) in [5.41, 5.74) is 9.18. The topological polar surface area (TPSA) is 89.9 Å². The van der Waals surface area contributed by atoms with Gasteiger partial charge >= 0.3 is 0 Å². The lowest BCUT2D eigenvalue weighted by Crippen LogP contribution is -2.17. The van der Waals surface area contributed by atoms with Crippen LogP contribution in [0.5, 0.6) is 0 Å². The first kappa shape index (κ1) is 14.4. The minimum atomic E-state index is 0.339. The third-order valence-corrected chi connectivity index (χ3v) is 3.00. The second-order valence-corrected chi connectivity index (χ2v) is 4.99. The maximum absolute atomic E-state index is 5.76. The van der Waals surface area contributed by atoms with Gasteiger partial charge in [0, 0.05) is 30.0 Å². The Hall–Kier alpha value is -2.02. The third kappa shape index (κ3) is 3.30. The van der Waals surface area contributed by atoms with Crippen molar-refractivity contribution in [2.24, 2.45) is 5.73 Å². The lowest BCUT2D eigenvalue weighted by molar-refractivity contribution is 0.377. The van der Waals surface area contributed by atoms with Gasteiger partial charge in [0.05, 0.1) is 5.56 Å². The highest BCUT2D eigenvalue weighted by Gasteiger charge is 2.11. The summed E-state index contributed by atoms with van der Waals surface area (Å²) in [6.45, 7) is 6.28. The van der Waals surface area contributed by atoms with Crippen molar-refractivity contribution in [2.45, 2.75) is 27.2 Å². The van der Waals surface area contributed by atoms with Gasteiger partial charge in [-0.25, -0.2) is 0 Å². The molecule has 0 bridgehead atoms. The Morgan fingerprint density at radius 1 is 1.35 bits per heavy atom. The average Bonchev–Trinajstić information content (AvgIpc) is 2.73. The van der Waals surface area contributed by atoms with Crippen molar-refractivity contribution in [2.75, 3.05) is 11.9 Å². The van der Waals surface area contributed by atoms with Crippen LogP contribution in [0.4, 0.5) is 5.69 Å². The van der Waals surface area contributed by atoms with E-state index in [2.05, 4.69) is 20.4 Å². The lowest BCUT2D eigenvalue weighted by Gasteiger charge is -2.13. The molecule has 0 aliphatic heterocycles. The summed E-state index contributed by atoms with van der Waals surface area (Å²) in [7, 11) is 0. The van der Waals surface area contributed by atoms with Crippen molar-refractivity contribution in [3.8, 4) is 0 Å². The fraction of sp³-hybridized carbons (Fsp3) is 0.385. The highest BCUT2D eigenvalue weighted by molar-refractivity contribution is 7.80. The second-order valence-electron chi connectivity index (χ2n) is 4.55. The molecule has 2 aromatic heterocycles. The van der Waals surface area contributed by atoms with Crippen molar-refractivity contribution in [1.82, 2.24) is 15.1 Å². The highest BCUT2D eigenvalue weighted by atomic mass is 32.1. The van der Waals surface area contributed by atoms with Gasteiger partial charge in [0.15, 0.2) is 5.82 Å². The number of nitrogens with one attached hydrogen (secondary N) is 1. The van der Waals surface area contributed by atoms with Crippen molar-refractivity contribution in [3.63, 3.8) is 0 Å². The zero-order chi connectivity index (χ0) is 14.7. The van der Waals surface area contributed by atoms with E-state index in [0.29, 0.717) is 29.7 Å². The molecule has 2 aromatic rings. The standard InChI is InChI=1S/C13H17N5OS/c1-7-6-10(12(13(14)20)8(2)16-7)15-5-4-11-17-9(3)18-19-11/h6H,4-5H2,1-3H3,(H2,14,20)(H,15,16). The molecule has 6 nitrogen and oxygen atoms in total. The molecule has 0 aliphatic rings. The monoisotopic (exact) mass is 291 g/mol. The summed E-state index contributed by atoms with van der Waals surface area (Å²) in [6, 6.07) is 1.93. The summed E-state index contributed by atoms with van der Waals surface area (Å²) >= 11 is 5.08. The number of hydrogen-bond acceptors (Lipinski definition) is 6. The number of nitrogens with two attached hydrogens (primary N) is 1. The van der Waals surface area contributed by atoms with Crippen LogP contribution in [0.3, 0.4) is 0 Å². The summed E-state index contributed by atoms with van der Waals surface area (Å²) in [5.74, 6) is 1.24. The molecule has 20 heavy (non-hydrogen) atoms. The summed E-state index contributed by atoms with van der Waals surface area (Å²) in [6.07, 6.45) is 0.637. The molecule has 0 radical (unpaired) electrons. The summed E-state index contributed by atoms with van der Waals surface area (Å²) < 4.78 is 5.06. The highest BCUT2D eigenvalue weighted by Crippen LogP contribution is 2.19. The number of thiocarbonyl (C=S) groups is 1. The predicted molar refractivity (Wildman–Crippen MR) is 80.8 cm³/mol. The normalized spacial score (nSPS) is 10.6. The van der Waals surface area contributed by atoms with Crippen LogP contribution < -0.4 is 11.1 Å². The van der Waals surface area contributed by atoms with Crippen LogP contribution in [-0.4, -0.2) is 26.7 Å². The molecular formula is C13H17N5OS. The van der Waals surface area contributed by atoms with E-state index in [-0.39, 0.29) is 0 Å². The molecule has 3 N–H and O–H groups in total. The van der Waals surface area contributed by atoms with Crippen LogP contribution in [0.25, 0.3) is 0 Å². The molecule has 0 saturated heterocycles. The van der Waals surface area contributed by atoms with E-state index in [1.54, 1.807) is 6.92 Å². The molecule has 0 aromatic carbocycles.